The van der Waals surface area contributed by atoms with Gasteiger partial charge in [-0.05, 0) is 44.7 Å². The van der Waals surface area contributed by atoms with Crippen LogP contribution >= 0.6 is 0 Å². The standard InChI is InChI=1S/C20H30N4O2/c1-20(2,3)26-19(25)23-16-9-10-24(13-16)18(21-4)22-12-15-11-14-7-5-6-8-17(14)15/h5-8,15-16H,9-13H2,1-4H3,(H,21,22)(H,23,25). The highest BCUT2D eigenvalue weighted by Crippen LogP contribution is 2.34. The number of benzene rings is 1. The Hall–Kier alpha value is -2.24. The molecule has 0 radical (unpaired) electrons. The molecule has 2 unspecified atom stereocenters. The average molecular weight is 358 g/mol. The van der Waals surface area contributed by atoms with Crippen molar-refractivity contribution in [2.24, 2.45) is 4.99 Å². The zero-order valence-electron chi connectivity index (χ0n) is 16.2. The zero-order valence-corrected chi connectivity index (χ0v) is 16.2. The molecule has 142 valence electrons. The summed E-state index contributed by atoms with van der Waals surface area (Å²) < 4.78 is 5.34. The summed E-state index contributed by atoms with van der Waals surface area (Å²) in [7, 11) is 1.81. The third-order valence-electron chi connectivity index (χ3n) is 4.89. The van der Waals surface area contributed by atoms with Gasteiger partial charge in [0.05, 0.1) is 6.04 Å². The predicted octanol–water partition coefficient (Wildman–Crippen LogP) is 2.50. The number of nitrogens with zero attached hydrogens (tertiary/aromatic N) is 2. The Morgan fingerprint density at radius 3 is 2.81 bits per heavy atom. The number of likely N-dealkylation sites (tertiary alicyclic amines) is 1. The average Bonchev–Trinajstić information content (AvgIpc) is 2.98. The zero-order chi connectivity index (χ0) is 18.7. The highest BCUT2D eigenvalue weighted by molar-refractivity contribution is 5.80. The van der Waals surface area contributed by atoms with E-state index in [9.17, 15) is 4.79 Å². The number of alkyl carbamates (subject to hydrolysis) is 1. The lowest BCUT2D eigenvalue weighted by molar-refractivity contribution is 0.0507. The number of nitrogens with one attached hydrogen (secondary N) is 2. The second-order valence-electron chi connectivity index (χ2n) is 8.11. The summed E-state index contributed by atoms with van der Waals surface area (Å²) in [6.45, 7) is 8.14. The molecule has 1 aromatic carbocycles. The number of amides is 1. The van der Waals surface area contributed by atoms with Crippen LogP contribution in [-0.4, -0.2) is 55.3 Å². The van der Waals surface area contributed by atoms with E-state index < -0.39 is 5.60 Å². The van der Waals surface area contributed by atoms with Gasteiger partial charge in [-0.2, -0.15) is 0 Å². The number of guanidine groups is 1. The highest BCUT2D eigenvalue weighted by atomic mass is 16.6. The lowest BCUT2D eigenvalue weighted by atomic mass is 9.78. The molecule has 1 amide bonds. The molecule has 3 rings (SSSR count). The molecule has 0 saturated carbocycles. The van der Waals surface area contributed by atoms with E-state index in [1.807, 2.05) is 27.8 Å². The first kappa shape index (κ1) is 18.5. The summed E-state index contributed by atoms with van der Waals surface area (Å²) in [6.07, 6.45) is 1.67. The van der Waals surface area contributed by atoms with Crippen molar-refractivity contribution in [3.8, 4) is 0 Å². The van der Waals surface area contributed by atoms with Gasteiger partial charge in [-0.1, -0.05) is 24.3 Å². The van der Waals surface area contributed by atoms with E-state index >= 15 is 0 Å². The SMILES string of the molecule is CN=C(NCC1Cc2ccccc21)N1CCC(NC(=O)OC(C)(C)C)C1. The maximum atomic E-state index is 11.9. The fourth-order valence-corrected chi connectivity index (χ4v) is 3.64. The second-order valence-corrected chi connectivity index (χ2v) is 8.11. The number of rotatable bonds is 3. The Bertz CT molecular complexity index is 681. The van der Waals surface area contributed by atoms with Crippen LogP contribution in [0.15, 0.2) is 29.3 Å². The third kappa shape index (κ3) is 4.48. The van der Waals surface area contributed by atoms with Crippen molar-refractivity contribution >= 4 is 12.1 Å². The van der Waals surface area contributed by atoms with Gasteiger partial charge >= 0.3 is 6.09 Å². The number of carbonyl (C=O) groups excluding carboxylic acids is 1. The lowest BCUT2D eigenvalue weighted by Crippen LogP contribution is -2.45. The maximum Gasteiger partial charge on any atom is 0.407 e. The molecule has 0 spiro atoms. The van der Waals surface area contributed by atoms with Crippen LogP contribution < -0.4 is 10.6 Å². The van der Waals surface area contributed by atoms with Gasteiger partial charge in [0, 0.05) is 32.6 Å². The molecule has 2 N–H and O–H groups in total. The largest absolute Gasteiger partial charge is 0.444 e. The van der Waals surface area contributed by atoms with Crippen molar-refractivity contribution in [1.82, 2.24) is 15.5 Å². The maximum absolute atomic E-state index is 11.9. The Morgan fingerprint density at radius 1 is 1.35 bits per heavy atom. The highest BCUT2D eigenvalue weighted by Gasteiger charge is 2.29. The number of aliphatic imine (C=N–C) groups is 1. The van der Waals surface area contributed by atoms with Crippen LogP contribution in [0.25, 0.3) is 0 Å². The van der Waals surface area contributed by atoms with Gasteiger partial charge in [-0.15, -0.1) is 0 Å². The Balaban J connectivity index is 1.46. The summed E-state index contributed by atoms with van der Waals surface area (Å²) in [5, 5.41) is 6.46. The van der Waals surface area contributed by atoms with E-state index in [0.29, 0.717) is 5.92 Å². The van der Waals surface area contributed by atoms with E-state index in [1.165, 1.54) is 11.1 Å². The van der Waals surface area contributed by atoms with Gasteiger partial charge < -0.3 is 20.3 Å². The van der Waals surface area contributed by atoms with Crippen molar-refractivity contribution in [2.75, 3.05) is 26.7 Å². The van der Waals surface area contributed by atoms with Crippen molar-refractivity contribution in [2.45, 2.75) is 51.2 Å². The third-order valence-corrected chi connectivity index (χ3v) is 4.89. The van der Waals surface area contributed by atoms with Gasteiger partial charge in [0.1, 0.15) is 5.60 Å². The molecule has 1 aromatic rings. The summed E-state index contributed by atoms with van der Waals surface area (Å²) in [6, 6.07) is 8.71. The molecule has 2 atom stereocenters. The van der Waals surface area contributed by atoms with Crippen LogP contribution in [0.4, 0.5) is 4.79 Å². The lowest BCUT2D eigenvalue weighted by Gasteiger charge is -2.32. The number of fused-ring (bicyclic) bond motifs is 1. The fourth-order valence-electron chi connectivity index (χ4n) is 3.64. The van der Waals surface area contributed by atoms with Gasteiger partial charge in [-0.3, -0.25) is 4.99 Å². The van der Waals surface area contributed by atoms with Crippen molar-refractivity contribution < 1.29 is 9.53 Å². The molecular weight excluding hydrogens is 328 g/mol. The Labute approximate surface area is 156 Å². The summed E-state index contributed by atoms with van der Waals surface area (Å²) >= 11 is 0. The molecule has 1 saturated heterocycles. The predicted molar refractivity (Wildman–Crippen MR) is 104 cm³/mol. The van der Waals surface area contributed by atoms with E-state index in [-0.39, 0.29) is 12.1 Å². The first-order valence-corrected chi connectivity index (χ1v) is 9.38. The Kier molecular flexibility index (Phi) is 5.39. The fraction of sp³-hybridized carbons (Fsp3) is 0.600. The number of hydrogen-bond donors (Lipinski definition) is 2. The van der Waals surface area contributed by atoms with Crippen LogP contribution in [0.5, 0.6) is 0 Å². The van der Waals surface area contributed by atoms with Gasteiger partial charge in [-0.25, -0.2) is 4.79 Å². The molecule has 1 aliphatic carbocycles. The molecule has 0 aromatic heterocycles. The number of ether oxygens (including phenoxy) is 1. The minimum atomic E-state index is -0.473. The molecule has 1 fully saturated rings. The first-order chi connectivity index (χ1) is 12.4. The van der Waals surface area contributed by atoms with E-state index in [4.69, 9.17) is 4.74 Å². The molecule has 6 nitrogen and oxygen atoms in total. The monoisotopic (exact) mass is 358 g/mol. The van der Waals surface area contributed by atoms with Gasteiger partial charge in [0.15, 0.2) is 5.96 Å². The smallest absolute Gasteiger partial charge is 0.407 e. The molecule has 0 bridgehead atoms. The van der Waals surface area contributed by atoms with Crippen molar-refractivity contribution in [3.63, 3.8) is 0 Å². The summed E-state index contributed by atoms with van der Waals surface area (Å²) in [5.74, 6) is 1.46. The minimum Gasteiger partial charge on any atom is -0.444 e. The Morgan fingerprint density at radius 2 is 2.12 bits per heavy atom. The molecule has 2 aliphatic rings. The second kappa shape index (κ2) is 7.56. The summed E-state index contributed by atoms with van der Waals surface area (Å²) in [4.78, 5) is 18.6. The normalized spacial score (nSPS) is 22.5. The number of carbonyl (C=O) groups is 1. The van der Waals surface area contributed by atoms with Crippen molar-refractivity contribution in [1.29, 1.82) is 0 Å². The summed E-state index contributed by atoms with van der Waals surface area (Å²) in [5.41, 5.74) is 2.43. The minimum absolute atomic E-state index is 0.0906. The first-order valence-electron chi connectivity index (χ1n) is 9.38. The van der Waals surface area contributed by atoms with Gasteiger partial charge in [0.25, 0.3) is 0 Å². The molecule has 1 heterocycles. The molecule has 26 heavy (non-hydrogen) atoms. The van der Waals surface area contributed by atoms with Crippen LogP contribution in [0.1, 0.15) is 44.2 Å². The van der Waals surface area contributed by atoms with Crippen LogP contribution in [0.3, 0.4) is 0 Å². The van der Waals surface area contributed by atoms with E-state index in [0.717, 1.165) is 38.4 Å². The molecular formula is C20H30N4O2. The van der Waals surface area contributed by atoms with Crippen LogP contribution in [-0.2, 0) is 11.2 Å². The number of hydrogen-bond acceptors (Lipinski definition) is 3. The van der Waals surface area contributed by atoms with E-state index in [1.54, 1.807) is 0 Å². The van der Waals surface area contributed by atoms with Crippen LogP contribution in [0.2, 0.25) is 0 Å². The van der Waals surface area contributed by atoms with E-state index in [2.05, 4.69) is 44.8 Å². The van der Waals surface area contributed by atoms with Gasteiger partial charge in [0.2, 0.25) is 0 Å². The molecule has 6 heteroatoms. The quantitative estimate of drug-likeness (QED) is 0.644. The topological polar surface area (TPSA) is 66.0 Å². The van der Waals surface area contributed by atoms with Crippen LogP contribution in [0, 0.1) is 0 Å². The van der Waals surface area contributed by atoms with Crippen molar-refractivity contribution in [3.05, 3.63) is 35.4 Å². The molecule has 1 aliphatic heterocycles.